The summed E-state index contributed by atoms with van der Waals surface area (Å²) in [4.78, 5) is 16.3. The summed E-state index contributed by atoms with van der Waals surface area (Å²) >= 11 is 0. The number of ether oxygens (including phenoxy) is 2. The van der Waals surface area contributed by atoms with Crippen molar-refractivity contribution in [3.8, 4) is 5.75 Å². The van der Waals surface area contributed by atoms with E-state index in [4.69, 9.17) is 9.47 Å². The van der Waals surface area contributed by atoms with Gasteiger partial charge in [0.25, 0.3) is 0 Å². The first kappa shape index (κ1) is 21.5. The lowest BCUT2D eigenvalue weighted by molar-refractivity contribution is 0.0258. The van der Waals surface area contributed by atoms with Gasteiger partial charge in [0.15, 0.2) is 9.84 Å². The van der Waals surface area contributed by atoms with Crippen LogP contribution >= 0.6 is 0 Å². The summed E-state index contributed by atoms with van der Waals surface area (Å²) in [6.45, 7) is 8.51. The number of nitrogens with zero attached hydrogens (tertiary/aromatic N) is 2. The summed E-state index contributed by atoms with van der Waals surface area (Å²) in [6.07, 6.45) is 0.478. The van der Waals surface area contributed by atoms with Crippen molar-refractivity contribution in [1.82, 2.24) is 9.80 Å². The van der Waals surface area contributed by atoms with Gasteiger partial charge in [0.2, 0.25) is 0 Å². The quantitative estimate of drug-likeness (QED) is 0.758. The molecule has 0 unspecified atom stereocenters. The number of benzene rings is 1. The average molecular weight is 399 g/mol. The number of carbonyl (C=O) groups is 1. The van der Waals surface area contributed by atoms with Gasteiger partial charge in [-0.25, -0.2) is 13.2 Å². The molecule has 8 heteroatoms. The zero-order chi connectivity index (χ0) is 20.1. The van der Waals surface area contributed by atoms with Crippen molar-refractivity contribution in [2.75, 3.05) is 45.6 Å². The average Bonchev–Trinajstić information content (AvgIpc) is 2.84. The van der Waals surface area contributed by atoms with Gasteiger partial charge in [-0.3, -0.25) is 0 Å². The molecule has 0 aromatic heterocycles. The fourth-order valence-electron chi connectivity index (χ4n) is 2.87. The van der Waals surface area contributed by atoms with E-state index in [1.54, 1.807) is 29.2 Å². The maximum Gasteiger partial charge on any atom is 0.410 e. The SMILES string of the molecule is COc1cccc(S(=O)(=O)CCN2CCCN(C(=O)OC(C)(C)C)CC2)c1. The maximum atomic E-state index is 12.6. The van der Waals surface area contributed by atoms with E-state index in [-0.39, 0.29) is 16.7 Å². The van der Waals surface area contributed by atoms with E-state index in [0.717, 1.165) is 13.0 Å². The summed E-state index contributed by atoms with van der Waals surface area (Å²) in [7, 11) is -1.87. The zero-order valence-corrected chi connectivity index (χ0v) is 17.4. The van der Waals surface area contributed by atoms with Crippen LogP contribution in [0.3, 0.4) is 0 Å². The molecule has 1 aliphatic heterocycles. The smallest absolute Gasteiger partial charge is 0.410 e. The Morgan fingerprint density at radius 1 is 1.15 bits per heavy atom. The van der Waals surface area contributed by atoms with Gasteiger partial charge in [-0.05, 0) is 51.9 Å². The van der Waals surface area contributed by atoms with Crippen molar-refractivity contribution in [3.63, 3.8) is 0 Å². The van der Waals surface area contributed by atoms with Crippen molar-refractivity contribution in [2.24, 2.45) is 0 Å². The van der Waals surface area contributed by atoms with Gasteiger partial charge >= 0.3 is 6.09 Å². The topological polar surface area (TPSA) is 76.2 Å². The highest BCUT2D eigenvalue weighted by Gasteiger charge is 2.25. The minimum atomic E-state index is -3.38. The van der Waals surface area contributed by atoms with Crippen molar-refractivity contribution in [3.05, 3.63) is 24.3 Å². The molecule has 0 atom stereocenters. The van der Waals surface area contributed by atoms with Crippen LogP contribution in [0.5, 0.6) is 5.75 Å². The highest BCUT2D eigenvalue weighted by atomic mass is 32.2. The second kappa shape index (κ2) is 8.93. The van der Waals surface area contributed by atoms with Crippen LogP contribution in [-0.2, 0) is 14.6 Å². The normalized spacial score (nSPS) is 16.7. The van der Waals surface area contributed by atoms with Crippen LogP contribution in [0.25, 0.3) is 0 Å². The number of hydrogen-bond donors (Lipinski definition) is 0. The fourth-order valence-corrected chi connectivity index (χ4v) is 4.18. The Morgan fingerprint density at radius 2 is 1.89 bits per heavy atom. The van der Waals surface area contributed by atoms with E-state index in [9.17, 15) is 13.2 Å². The van der Waals surface area contributed by atoms with Gasteiger partial charge < -0.3 is 19.3 Å². The van der Waals surface area contributed by atoms with Gasteiger partial charge in [0.05, 0.1) is 17.8 Å². The minimum absolute atomic E-state index is 0.0343. The molecule has 1 amide bonds. The highest BCUT2D eigenvalue weighted by Crippen LogP contribution is 2.19. The Hall–Kier alpha value is -1.80. The molecule has 1 aliphatic rings. The van der Waals surface area contributed by atoms with Crippen molar-refractivity contribution < 1.29 is 22.7 Å². The number of methoxy groups -OCH3 is 1. The van der Waals surface area contributed by atoms with Crippen LogP contribution in [0, 0.1) is 0 Å². The molecule has 0 spiro atoms. The summed E-state index contributed by atoms with van der Waals surface area (Å²) in [6, 6.07) is 6.53. The summed E-state index contributed by atoms with van der Waals surface area (Å²) < 4.78 is 35.7. The number of amides is 1. The van der Waals surface area contributed by atoms with Gasteiger partial charge in [0.1, 0.15) is 11.4 Å². The molecule has 152 valence electrons. The van der Waals surface area contributed by atoms with Crippen molar-refractivity contribution in [1.29, 1.82) is 0 Å². The molecule has 0 aliphatic carbocycles. The molecular weight excluding hydrogens is 368 g/mol. The Labute approximate surface area is 162 Å². The van der Waals surface area contributed by atoms with Crippen LogP contribution in [0.1, 0.15) is 27.2 Å². The predicted octanol–water partition coefficient (Wildman–Crippen LogP) is 2.41. The van der Waals surface area contributed by atoms with Gasteiger partial charge in [0, 0.05) is 26.2 Å². The molecule has 1 aromatic carbocycles. The summed E-state index contributed by atoms with van der Waals surface area (Å²) in [5, 5.41) is 0. The second-order valence-electron chi connectivity index (χ2n) is 7.66. The minimum Gasteiger partial charge on any atom is -0.497 e. The largest absolute Gasteiger partial charge is 0.497 e. The van der Waals surface area contributed by atoms with Crippen LogP contribution in [0.2, 0.25) is 0 Å². The van der Waals surface area contributed by atoms with Crippen LogP contribution in [0.15, 0.2) is 29.2 Å². The maximum absolute atomic E-state index is 12.6. The monoisotopic (exact) mass is 398 g/mol. The first-order valence-corrected chi connectivity index (χ1v) is 10.8. The predicted molar refractivity (Wildman–Crippen MR) is 104 cm³/mol. The first-order chi connectivity index (χ1) is 12.6. The van der Waals surface area contributed by atoms with Gasteiger partial charge in [-0.1, -0.05) is 6.07 Å². The summed E-state index contributed by atoms with van der Waals surface area (Å²) in [5.41, 5.74) is -0.520. The van der Waals surface area contributed by atoms with E-state index in [1.165, 1.54) is 7.11 Å². The van der Waals surface area contributed by atoms with Crippen molar-refractivity contribution >= 4 is 15.9 Å². The van der Waals surface area contributed by atoms with E-state index in [0.29, 0.717) is 31.9 Å². The van der Waals surface area contributed by atoms with Crippen molar-refractivity contribution in [2.45, 2.75) is 37.7 Å². The molecule has 1 saturated heterocycles. The van der Waals surface area contributed by atoms with Crippen LogP contribution in [-0.4, -0.2) is 75.5 Å². The third-order valence-corrected chi connectivity index (χ3v) is 6.01. The lowest BCUT2D eigenvalue weighted by atomic mass is 10.2. The molecule has 0 N–H and O–H groups in total. The molecule has 0 radical (unpaired) electrons. The van der Waals surface area contributed by atoms with E-state index in [1.807, 2.05) is 20.8 Å². The molecular formula is C19H30N2O5S. The van der Waals surface area contributed by atoms with E-state index < -0.39 is 15.4 Å². The van der Waals surface area contributed by atoms with E-state index in [2.05, 4.69) is 4.90 Å². The van der Waals surface area contributed by atoms with Gasteiger partial charge in [-0.2, -0.15) is 0 Å². The highest BCUT2D eigenvalue weighted by molar-refractivity contribution is 7.91. The lowest BCUT2D eigenvalue weighted by Gasteiger charge is -2.26. The Morgan fingerprint density at radius 3 is 2.56 bits per heavy atom. The number of carbonyl (C=O) groups excluding carboxylic acids is 1. The number of sulfone groups is 1. The lowest BCUT2D eigenvalue weighted by Crippen LogP contribution is -2.39. The zero-order valence-electron chi connectivity index (χ0n) is 16.6. The molecule has 7 nitrogen and oxygen atoms in total. The summed E-state index contributed by atoms with van der Waals surface area (Å²) in [5.74, 6) is 0.561. The molecule has 0 bridgehead atoms. The Bertz CT molecular complexity index is 743. The molecule has 27 heavy (non-hydrogen) atoms. The molecule has 0 saturated carbocycles. The molecule has 1 fully saturated rings. The standard InChI is InChI=1S/C19H30N2O5S/c1-19(2,3)26-18(22)21-10-6-9-20(11-12-21)13-14-27(23,24)17-8-5-7-16(15-17)25-4/h5,7-8,15H,6,9-14H2,1-4H3. The Kier molecular flexibility index (Phi) is 7.11. The van der Waals surface area contributed by atoms with Crippen LogP contribution in [0.4, 0.5) is 4.79 Å². The Balaban J connectivity index is 1.90. The fraction of sp³-hybridized carbons (Fsp3) is 0.632. The molecule has 1 aromatic rings. The second-order valence-corrected chi connectivity index (χ2v) is 9.77. The number of rotatable bonds is 5. The third-order valence-electron chi connectivity index (χ3n) is 4.32. The van der Waals surface area contributed by atoms with Gasteiger partial charge in [-0.15, -0.1) is 0 Å². The third kappa shape index (κ3) is 6.70. The number of hydrogen-bond acceptors (Lipinski definition) is 6. The van der Waals surface area contributed by atoms with Crippen LogP contribution < -0.4 is 4.74 Å². The molecule has 1 heterocycles. The molecule has 2 rings (SSSR count). The first-order valence-electron chi connectivity index (χ1n) is 9.18. The van der Waals surface area contributed by atoms with E-state index >= 15 is 0 Å².